The van der Waals surface area contributed by atoms with Gasteiger partial charge in [-0.3, -0.25) is 99.9 Å². The van der Waals surface area contributed by atoms with E-state index in [0.717, 1.165) is 12.2 Å². The number of aromatic nitrogens is 14. The van der Waals surface area contributed by atoms with Gasteiger partial charge in [0.15, 0.2) is 31.1 Å². The Bertz CT molecular complexity index is 6630. The number of hydrogen-bond donors (Lipinski definition) is 5. The van der Waals surface area contributed by atoms with Crippen LogP contribution in [0.3, 0.4) is 0 Å². The zero-order valence-electron chi connectivity index (χ0n) is 78.8. The van der Waals surface area contributed by atoms with Crippen molar-refractivity contribution in [3.63, 3.8) is 0 Å². The maximum Gasteiger partial charge on any atom is 0.351 e. The number of aryl methyl sites for hydroxylation is 5. The molecule has 3 saturated heterocycles. The van der Waals surface area contributed by atoms with Crippen LogP contribution in [0.4, 0.5) is 5.82 Å². The number of carbonyl (C=O) groups is 1. The number of methoxy groups -OCH3 is 4. The normalized spacial score (nSPS) is 23.8. The average molecular weight is 1960 g/mol. The molecular weight excluding hydrogens is 1850 g/mol. The highest BCUT2D eigenvalue weighted by molar-refractivity contribution is 8.00. The van der Waals surface area contributed by atoms with Gasteiger partial charge in [-0.15, -0.1) is 23.5 Å². The van der Waals surface area contributed by atoms with Gasteiger partial charge < -0.3 is 66.6 Å². The molecule has 9 aliphatic heterocycles. The van der Waals surface area contributed by atoms with Gasteiger partial charge in [0, 0.05) is 173 Å². The van der Waals surface area contributed by atoms with Crippen LogP contribution in [-0.2, 0) is 68.2 Å². The summed E-state index contributed by atoms with van der Waals surface area (Å²) in [4.78, 5) is 187. The summed E-state index contributed by atoms with van der Waals surface area (Å²) in [6, 6.07) is 2.81. The number of amides is 1. The second kappa shape index (κ2) is 51.2. The Kier molecular flexibility index (Phi) is 40.1. The third kappa shape index (κ3) is 28.9. The number of H-pyrrole nitrogens is 5. The van der Waals surface area contributed by atoms with Crippen LogP contribution >= 0.6 is 23.5 Å². The van der Waals surface area contributed by atoms with Crippen molar-refractivity contribution >= 4 is 35.2 Å². The first kappa shape index (κ1) is 108. The number of allylic oxidation sites excluding steroid dienone is 1. The number of carbonyl (C=O) groups excluding carboxylic acids is 1. The first-order valence-corrected chi connectivity index (χ1v) is 45.1. The second-order valence-corrected chi connectivity index (χ2v) is 34.0. The predicted octanol–water partition coefficient (Wildman–Crippen LogP) is 4.41. The van der Waals surface area contributed by atoms with Crippen molar-refractivity contribution in [1.82, 2.24) is 76.2 Å². The number of thioether (sulfide) groups is 2. The van der Waals surface area contributed by atoms with Crippen molar-refractivity contribution in [2.24, 2.45) is 10.2 Å². The van der Waals surface area contributed by atoms with Gasteiger partial charge in [-0.2, -0.15) is 4.98 Å². The molecule has 16 atom stereocenters. The van der Waals surface area contributed by atoms with E-state index >= 15 is 0 Å². The lowest BCUT2D eigenvalue weighted by molar-refractivity contribution is -0.128. The summed E-state index contributed by atoms with van der Waals surface area (Å²) in [6.45, 7) is 25.5. The van der Waals surface area contributed by atoms with E-state index in [1.807, 2.05) is 52.2 Å². The number of aromatic amines is 5. The Labute approximate surface area is 794 Å². The van der Waals surface area contributed by atoms with E-state index in [0.29, 0.717) is 95.9 Å². The molecule has 5 N–H and O–H groups in total. The standard InChI is InChI=1S/C13H19N5O3.C13H18N2O4.C11H17N3O3S.C11H14N2O3.C10H11N5O3.C10H12N2O3.C10H10N2O3.C9H12N2O4S/c1-8-6-18(9(2)17(3)13(8)19)12-5-10(15-16-14)11(21-12)7-20-4;1-4-14-12(16)9(2)7-15(13(14)17)11-6-5-10(19-11)8-18-3;1-13(2)8-4-5-14(11(15)12-8)9-7-18-10(17-9)6-16-3;1-3-8-4-5-9(16-8)13-6-7(2)10(14)12-11(13)15;1-6-5-15(10(17)13-9(6)16)8-3-2-7(18-8)4-12-14-11;2*1-6-5-12(10(14)11-9(6)13)8-4-3-7(2)15-8;1-14-4-8-15-7(5-16-8)11-3-2-6(12)10-9(11)13/h6,10-12H,2,5,7H2,1,3-4H3;5-7,10-11H,4,8H2,1-3H3;4-5,9-10H,6-7H2,1-3H3;4-6,8-9H,3H2,1-2H3,(H,12,14,15);2-3,5,7-8H,4H2,1H3,(H,13,16,17);3-5,7-8H,1-2H3,(H,11,13,14);3-5,8H,2H2,1H3,(H,11,13,14);2-3,7-8H,4-5H2,1H3,(H,10,12,13)/t10?,11-,12-;10-,11+;9-,10+;8?,9-;7-,8+;7-,8-;8-;7-,8+/m10010110/s1. The van der Waals surface area contributed by atoms with Crippen LogP contribution < -0.4 is 78.1 Å². The second-order valence-electron chi connectivity index (χ2n) is 31.6. The van der Waals surface area contributed by atoms with Gasteiger partial charge in [0.1, 0.15) is 53.1 Å². The molecule has 16 rings (SSSR count). The molecule has 51 heteroatoms. The summed E-state index contributed by atoms with van der Waals surface area (Å²) >= 11 is 3.23. The van der Waals surface area contributed by atoms with Gasteiger partial charge in [0.2, 0.25) is 0 Å². The first-order chi connectivity index (χ1) is 65.8. The third-order valence-electron chi connectivity index (χ3n) is 21.3. The highest BCUT2D eigenvalue weighted by atomic mass is 32.2. The first-order valence-electron chi connectivity index (χ1n) is 43.0. The van der Waals surface area contributed by atoms with E-state index in [9.17, 15) is 67.1 Å². The lowest BCUT2D eigenvalue weighted by Gasteiger charge is -2.37. The smallest absolute Gasteiger partial charge is 0.351 e. The lowest BCUT2D eigenvalue weighted by Crippen LogP contribution is -2.43. The number of nitrogens with zero attached hydrogens (tertiary/aromatic N) is 18. The molecule has 49 nitrogen and oxygen atoms in total. The van der Waals surface area contributed by atoms with Crippen LogP contribution in [0, 0.1) is 34.6 Å². The minimum atomic E-state index is -0.591. The quantitative estimate of drug-likeness (QED) is 0.0271. The highest BCUT2D eigenvalue weighted by Gasteiger charge is 2.41. The summed E-state index contributed by atoms with van der Waals surface area (Å²) < 4.78 is 75.7. The van der Waals surface area contributed by atoms with Crippen molar-refractivity contribution in [3.8, 4) is 0 Å². The number of nitrogens with one attached hydrogen (secondary N) is 5. The fraction of sp³-hybridized carbons (Fsp3) is 0.483. The lowest BCUT2D eigenvalue weighted by atomic mass is 10.1. The van der Waals surface area contributed by atoms with Gasteiger partial charge in [-0.25, -0.2) is 33.6 Å². The topological polar surface area (TPSA) is 588 Å². The van der Waals surface area contributed by atoms with Crippen LogP contribution in [0.1, 0.15) is 112 Å². The maximum absolute atomic E-state index is 12.2. The Morgan fingerprint density at radius 3 is 1.44 bits per heavy atom. The van der Waals surface area contributed by atoms with E-state index in [1.54, 1.807) is 178 Å². The van der Waals surface area contributed by atoms with E-state index < -0.39 is 70.7 Å². The number of azide groups is 2. The summed E-state index contributed by atoms with van der Waals surface area (Å²) in [7, 11) is 11.8. The highest BCUT2D eigenvalue weighted by Crippen LogP contribution is 2.35. The largest absolute Gasteiger partial charge is 0.467 e. The molecule has 7 aromatic heterocycles. The summed E-state index contributed by atoms with van der Waals surface area (Å²) in [5.41, 5.74) is 14.6. The molecule has 0 saturated carbocycles. The molecule has 16 heterocycles. The number of anilines is 1. The van der Waals surface area contributed by atoms with Gasteiger partial charge >= 0.3 is 39.8 Å². The minimum Gasteiger partial charge on any atom is -0.467 e. The number of hydrogen-bond acceptors (Lipinski definition) is 33. The van der Waals surface area contributed by atoms with E-state index in [-0.39, 0.29) is 112 Å². The third-order valence-corrected chi connectivity index (χ3v) is 23.4. The fourth-order valence-corrected chi connectivity index (χ4v) is 16.1. The molecule has 9 aliphatic rings. The van der Waals surface area contributed by atoms with E-state index in [2.05, 4.69) is 63.1 Å². The van der Waals surface area contributed by atoms with Crippen LogP contribution in [-0.4, -0.2) is 230 Å². The molecule has 0 aliphatic carbocycles. The summed E-state index contributed by atoms with van der Waals surface area (Å²) in [6.07, 6.45) is 27.5. The number of rotatable bonds is 22. The average Bonchev–Trinajstić information content (AvgIpc) is 1.67. The zero-order valence-corrected chi connectivity index (χ0v) is 80.4. The number of likely N-dealkylation sites (N-methyl/N-ethyl adjacent to an activating group) is 1. The van der Waals surface area contributed by atoms with Crippen molar-refractivity contribution in [2.75, 3.05) is 99.0 Å². The molecule has 744 valence electrons. The summed E-state index contributed by atoms with van der Waals surface area (Å²) in [5, 5.41) is 7.16. The van der Waals surface area contributed by atoms with Crippen LogP contribution in [0.15, 0.2) is 225 Å². The molecule has 0 bridgehead atoms. The molecule has 0 spiro atoms. The van der Waals surface area contributed by atoms with Gasteiger partial charge in [-0.1, -0.05) is 54.6 Å². The van der Waals surface area contributed by atoms with Gasteiger partial charge in [-0.05, 0) is 115 Å². The monoisotopic (exact) mass is 1960 g/mol. The number of ether oxygens (including phenoxy) is 12. The van der Waals surface area contributed by atoms with Crippen LogP contribution in [0.2, 0.25) is 0 Å². The van der Waals surface area contributed by atoms with Crippen molar-refractivity contribution in [1.29, 1.82) is 0 Å². The molecule has 7 aromatic rings. The molecule has 1 amide bonds. The Hall–Kier alpha value is -13.4. The predicted molar refractivity (Wildman–Crippen MR) is 508 cm³/mol. The zero-order chi connectivity index (χ0) is 101. The SMILES string of the molecule is C=C1C=C[C@H](n2cc(C)c(=O)[nH]c2=O)O1.C=C1N(C)C(=O)C(C)=CN1[C@H]1CC(N=[N+]=[N-])[C@@H](COC)O1.CCC1C=C[C@H](n2cc(C)c(=O)[nH]c2=O)O1.CCn1c(=O)c(C)cn([C@H]2C=C[C@@H](COC)O2)c1=O.COC[C@@H]1O[C@H](n2ccc(=O)[nH]c2=O)CS1.COC[C@@H]1O[C@H](n2ccc(N(C)C)nc2=O)CS1.Cc1cn([C@H]2C=C[C@@H](C)O2)c(=O)[nH]c1=O.Cc1cn([C@H]2C=C[C@@H](CN=[N+]=[N-])O2)c(=O)[nH]c1=O. The molecule has 138 heavy (non-hydrogen) atoms. The Balaban J connectivity index is 0.000000177. The van der Waals surface area contributed by atoms with Crippen molar-refractivity contribution < 1.29 is 61.6 Å². The minimum absolute atomic E-state index is 0.00543. The van der Waals surface area contributed by atoms with Crippen molar-refractivity contribution in [2.45, 2.75) is 179 Å². The molecular formula is C87H113N23O26S2. The van der Waals surface area contributed by atoms with Crippen LogP contribution in [0.25, 0.3) is 20.9 Å². The molecule has 3 fully saturated rings. The molecule has 0 aromatic carbocycles. The molecule has 0 radical (unpaired) electrons. The van der Waals surface area contributed by atoms with Gasteiger partial charge in [0.05, 0.1) is 63.4 Å². The van der Waals surface area contributed by atoms with E-state index in [1.165, 1.54) is 78.5 Å². The molecule has 2 unspecified atom stereocenters. The van der Waals surface area contributed by atoms with Gasteiger partial charge in [0.25, 0.3) is 39.3 Å². The van der Waals surface area contributed by atoms with Crippen molar-refractivity contribution in [3.05, 3.63) is 337 Å². The Morgan fingerprint density at radius 2 is 0.986 bits per heavy atom. The fourth-order valence-electron chi connectivity index (χ4n) is 13.9. The Morgan fingerprint density at radius 1 is 0.522 bits per heavy atom. The van der Waals surface area contributed by atoms with Crippen LogP contribution in [0.5, 0.6) is 0 Å². The maximum atomic E-state index is 12.2. The van der Waals surface area contributed by atoms with E-state index in [4.69, 9.17) is 67.9 Å². The summed E-state index contributed by atoms with van der Waals surface area (Å²) in [5.74, 6) is 2.99.